The molecule has 0 bridgehead atoms. The molecule has 0 aromatic rings. The number of aliphatic hydroxyl groups is 3. The van der Waals surface area contributed by atoms with Crippen LogP contribution in [0, 0.1) is 0 Å². The predicted molar refractivity (Wildman–Crippen MR) is 55.9 cm³/mol. The minimum atomic E-state index is -0.600. The quantitative estimate of drug-likeness (QED) is 0.461. The SMILES string of the molecule is CC1COC(=O)O1.OCCCCC(O)CO. The average molecular weight is 236 g/mol. The lowest BCUT2D eigenvalue weighted by atomic mass is 10.2. The molecule has 2 unspecified atom stereocenters. The van der Waals surface area contributed by atoms with Crippen molar-refractivity contribution in [3.05, 3.63) is 0 Å². The largest absolute Gasteiger partial charge is 0.508 e. The first-order valence-corrected chi connectivity index (χ1v) is 5.33. The predicted octanol–water partition coefficient (Wildman–Crippen LogP) is 0.0439. The van der Waals surface area contributed by atoms with Crippen molar-refractivity contribution < 1.29 is 29.6 Å². The van der Waals surface area contributed by atoms with Crippen LogP contribution < -0.4 is 0 Å². The van der Waals surface area contributed by atoms with Crippen LogP contribution in [0.3, 0.4) is 0 Å². The summed E-state index contributed by atoms with van der Waals surface area (Å²) in [6.07, 6.45) is 0.864. The molecule has 1 rings (SSSR count). The molecule has 0 aromatic heterocycles. The lowest BCUT2D eigenvalue weighted by Crippen LogP contribution is -2.11. The fourth-order valence-corrected chi connectivity index (χ4v) is 1.00. The highest BCUT2D eigenvalue weighted by atomic mass is 16.8. The second-order valence-corrected chi connectivity index (χ2v) is 3.55. The van der Waals surface area contributed by atoms with E-state index < -0.39 is 12.3 Å². The van der Waals surface area contributed by atoms with Crippen LogP contribution >= 0.6 is 0 Å². The molecule has 0 amide bonds. The van der Waals surface area contributed by atoms with E-state index in [0.29, 0.717) is 19.4 Å². The zero-order valence-corrected chi connectivity index (χ0v) is 9.46. The first-order valence-electron chi connectivity index (χ1n) is 5.33. The van der Waals surface area contributed by atoms with Crippen molar-refractivity contribution in [1.29, 1.82) is 0 Å². The van der Waals surface area contributed by atoms with Gasteiger partial charge in [-0.25, -0.2) is 4.79 Å². The van der Waals surface area contributed by atoms with E-state index in [1.165, 1.54) is 0 Å². The number of cyclic esters (lactones) is 2. The molecule has 1 aliphatic heterocycles. The Labute approximate surface area is 94.8 Å². The summed E-state index contributed by atoms with van der Waals surface area (Å²) in [4.78, 5) is 10.0. The van der Waals surface area contributed by atoms with Crippen LogP contribution in [0.15, 0.2) is 0 Å². The van der Waals surface area contributed by atoms with Crippen LogP contribution in [0.4, 0.5) is 4.79 Å². The summed E-state index contributed by atoms with van der Waals surface area (Å²) in [6.45, 7) is 2.17. The lowest BCUT2D eigenvalue weighted by molar-refractivity contribution is 0.0848. The van der Waals surface area contributed by atoms with Crippen LogP contribution in [0.1, 0.15) is 26.2 Å². The highest BCUT2D eigenvalue weighted by molar-refractivity contribution is 5.61. The minimum Gasteiger partial charge on any atom is -0.430 e. The number of carbonyl (C=O) groups is 1. The summed E-state index contributed by atoms with van der Waals surface area (Å²) in [5, 5.41) is 25.4. The standard InChI is InChI=1S/C6H14O3.C4H6O3/c7-4-2-1-3-6(9)5-8;1-3-2-6-4(5)7-3/h6-9H,1-5H2;3H,2H2,1H3. The third-order valence-electron chi connectivity index (χ3n) is 1.89. The summed E-state index contributed by atoms with van der Waals surface area (Å²) in [5.74, 6) is 0. The molecule has 96 valence electrons. The number of hydrogen-bond donors (Lipinski definition) is 3. The fourth-order valence-electron chi connectivity index (χ4n) is 1.00. The summed E-state index contributed by atoms with van der Waals surface area (Å²) in [5.41, 5.74) is 0. The maximum absolute atomic E-state index is 10.0. The molecule has 1 fully saturated rings. The molecule has 1 heterocycles. The van der Waals surface area contributed by atoms with E-state index in [-0.39, 0.29) is 19.3 Å². The molecule has 2 atom stereocenters. The van der Waals surface area contributed by atoms with Crippen LogP contribution in [0.25, 0.3) is 0 Å². The third kappa shape index (κ3) is 8.46. The van der Waals surface area contributed by atoms with Crippen molar-refractivity contribution in [3.63, 3.8) is 0 Å². The van der Waals surface area contributed by atoms with E-state index in [0.717, 1.165) is 6.42 Å². The van der Waals surface area contributed by atoms with Crippen molar-refractivity contribution in [1.82, 2.24) is 0 Å². The maximum atomic E-state index is 10.0. The Morgan fingerprint density at radius 1 is 1.44 bits per heavy atom. The minimum absolute atomic E-state index is 0.0486. The molecule has 0 radical (unpaired) electrons. The summed E-state index contributed by atoms with van der Waals surface area (Å²) >= 11 is 0. The van der Waals surface area contributed by atoms with E-state index in [2.05, 4.69) is 9.47 Å². The van der Waals surface area contributed by atoms with Crippen molar-refractivity contribution in [2.75, 3.05) is 19.8 Å². The van der Waals surface area contributed by atoms with E-state index in [4.69, 9.17) is 15.3 Å². The normalized spacial score (nSPS) is 20.5. The van der Waals surface area contributed by atoms with Crippen molar-refractivity contribution in [2.45, 2.75) is 38.4 Å². The zero-order valence-electron chi connectivity index (χ0n) is 9.46. The van der Waals surface area contributed by atoms with Crippen LogP contribution in [0.2, 0.25) is 0 Å². The molecule has 0 aromatic carbocycles. The highest BCUT2D eigenvalue weighted by Crippen LogP contribution is 2.02. The molecule has 0 spiro atoms. The zero-order chi connectivity index (χ0) is 12.4. The van der Waals surface area contributed by atoms with Gasteiger partial charge in [-0.2, -0.15) is 0 Å². The van der Waals surface area contributed by atoms with E-state index in [1.54, 1.807) is 6.92 Å². The second kappa shape index (κ2) is 9.38. The molecule has 0 saturated carbocycles. The molecule has 1 saturated heterocycles. The molecular formula is C10H20O6. The van der Waals surface area contributed by atoms with Gasteiger partial charge in [0.05, 0.1) is 12.7 Å². The molecule has 6 nitrogen and oxygen atoms in total. The number of carbonyl (C=O) groups excluding carboxylic acids is 1. The number of ether oxygens (including phenoxy) is 2. The monoisotopic (exact) mass is 236 g/mol. The maximum Gasteiger partial charge on any atom is 0.508 e. The number of unbranched alkanes of at least 4 members (excludes halogenated alkanes) is 1. The number of rotatable bonds is 5. The Hall–Kier alpha value is -0.850. The highest BCUT2D eigenvalue weighted by Gasteiger charge is 2.19. The second-order valence-electron chi connectivity index (χ2n) is 3.55. The Morgan fingerprint density at radius 2 is 2.12 bits per heavy atom. The molecule has 16 heavy (non-hydrogen) atoms. The molecule has 1 aliphatic rings. The van der Waals surface area contributed by atoms with E-state index in [1.807, 2.05) is 0 Å². The Kier molecular flexibility index (Phi) is 8.88. The fraction of sp³-hybridized carbons (Fsp3) is 0.900. The summed E-state index contributed by atoms with van der Waals surface area (Å²) in [7, 11) is 0. The smallest absolute Gasteiger partial charge is 0.430 e. The van der Waals surface area contributed by atoms with Crippen LogP contribution in [-0.4, -0.2) is 53.5 Å². The van der Waals surface area contributed by atoms with E-state index >= 15 is 0 Å². The van der Waals surface area contributed by atoms with Gasteiger partial charge in [-0.3, -0.25) is 0 Å². The summed E-state index contributed by atoms with van der Waals surface area (Å²) in [6, 6.07) is 0. The number of hydrogen-bond acceptors (Lipinski definition) is 6. The van der Waals surface area contributed by atoms with Crippen molar-refractivity contribution >= 4 is 6.16 Å². The van der Waals surface area contributed by atoms with Gasteiger partial charge in [0.15, 0.2) is 0 Å². The molecule has 0 aliphatic carbocycles. The first kappa shape index (κ1) is 15.2. The van der Waals surface area contributed by atoms with Gasteiger partial charge in [0, 0.05) is 6.61 Å². The van der Waals surface area contributed by atoms with Gasteiger partial charge < -0.3 is 24.8 Å². The average Bonchev–Trinajstić information content (AvgIpc) is 2.63. The van der Waals surface area contributed by atoms with Gasteiger partial charge in [-0.05, 0) is 26.2 Å². The van der Waals surface area contributed by atoms with Gasteiger partial charge in [-0.15, -0.1) is 0 Å². The van der Waals surface area contributed by atoms with Crippen LogP contribution in [0.5, 0.6) is 0 Å². The van der Waals surface area contributed by atoms with Crippen molar-refractivity contribution in [3.8, 4) is 0 Å². The van der Waals surface area contributed by atoms with E-state index in [9.17, 15) is 4.79 Å². The van der Waals surface area contributed by atoms with Gasteiger partial charge in [-0.1, -0.05) is 0 Å². The lowest BCUT2D eigenvalue weighted by Gasteiger charge is -2.03. The van der Waals surface area contributed by atoms with Gasteiger partial charge >= 0.3 is 6.16 Å². The third-order valence-corrected chi connectivity index (χ3v) is 1.89. The summed E-state index contributed by atoms with van der Waals surface area (Å²) < 4.78 is 8.90. The van der Waals surface area contributed by atoms with Crippen molar-refractivity contribution in [2.24, 2.45) is 0 Å². The number of aliphatic hydroxyl groups excluding tert-OH is 3. The topological polar surface area (TPSA) is 96.2 Å². The first-order chi connectivity index (χ1) is 7.60. The van der Waals surface area contributed by atoms with Gasteiger partial charge in [0.1, 0.15) is 12.7 Å². The van der Waals surface area contributed by atoms with Gasteiger partial charge in [0.2, 0.25) is 0 Å². The molecule has 6 heteroatoms. The Morgan fingerprint density at radius 3 is 2.44 bits per heavy atom. The van der Waals surface area contributed by atoms with Crippen LogP contribution in [-0.2, 0) is 9.47 Å². The Balaban J connectivity index is 0.000000288. The Bertz CT molecular complexity index is 184. The molecule has 3 N–H and O–H groups in total. The molecular weight excluding hydrogens is 216 g/mol. The van der Waals surface area contributed by atoms with Gasteiger partial charge in [0.25, 0.3) is 0 Å².